The minimum absolute atomic E-state index is 0.323. The van der Waals surface area contributed by atoms with E-state index in [0.29, 0.717) is 27.9 Å². The van der Waals surface area contributed by atoms with Gasteiger partial charge < -0.3 is 10.6 Å². The molecule has 0 aliphatic heterocycles. The van der Waals surface area contributed by atoms with Crippen molar-refractivity contribution in [3.05, 3.63) is 41.2 Å². The molecule has 0 saturated heterocycles. The molecule has 2 aromatic rings. The lowest BCUT2D eigenvalue weighted by Crippen LogP contribution is -2.30. The Bertz CT molecular complexity index is 661. The van der Waals surface area contributed by atoms with Crippen LogP contribution in [0, 0.1) is 0 Å². The first-order valence-corrected chi connectivity index (χ1v) is 6.46. The SMILES string of the molecule is CN(C)c1ncnc(NNC(=O)c2cccc(Cl)c2)c1N. The van der Waals surface area contributed by atoms with Gasteiger partial charge in [0.2, 0.25) is 0 Å². The third-order valence-corrected chi connectivity index (χ3v) is 2.90. The van der Waals surface area contributed by atoms with Gasteiger partial charge in [0.15, 0.2) is 11.6 Å². The molecule has 8 heteroatoms. The summed E-state index contributed by atoms with van der Waals surface area (Å²) in [7, 11) is 3.63. The van der Waals surface area contributed by atoms with Gasteiger partial charge >= 0.3 is 0 Å². The fourth-order valence-electron chi connectivity index (χ4n) is 1.66. The van der Waals surface area contributed by atoms with Crippen molar-refractivity contribution in [3.8, 4) is 0 Å². The molecular formula is C13H15ClN6O. The fraction of sp³-hybridized carbons (Fsp3) is 0.154. The Morgan fingerprint density at radius 3 is 2.76 bits per heavy atom. The maximum absolute atomic E-state index is 12.0. The molecule has 0 saturated carbocycles. The Labute approximate surface area is 127 Å². The van der Waals surface area contributed by atoms with Crippen LogP contribution in [0.4, 0.5) is 17.3 Å². The normalized spacial score (nSPS) is 10.0. The van der Waals surface area contributed by atoms with Crippen LogP contribution in [0.3, 0.4) is 0 Å². The van der Waals surface area contributed by atoms with Gasteiger partial charge in [0.05, 0.1) is 0 Å². The molecule has 0 aliphatic rings. The number of anilines is 3. The zero-order valence-electron chi connectivity index (χ0n) is 11.6. The summed E-state index contributed by atoms with van der Waals surface area (Å²) in [6, 6.07) is 6.60. The van der Waals surface area contributed by atoms with Crippen molar-refractivity contribution in [2.75, 3.05) is 30.2 Å². The minimum Gasteiger partial charge on any atom is -0.393 e. The number of carbonyl (C=O) groups excluding carboxylic acids is 1. The summed E-state index contributed by atoms with van der Waals surface area (Å²) in [5, 5.41) is 0.485. The number of carbonyl (C=O) groups is 1. The molecule has 0 bridgehead atoms. The van der Waals surface area contributed by atoms with E-state index in [0.717, 1.165) is 0 Å². The van der Waals surface area contributed by atoms with Gasteiger partial charge in [0, 0.05) is 24.7 Å². The molecule has 0 unspecified atom stereocenters. The molecule has 0 spiro atoms. The van der Waals surface area contributed by atoms with Crippen molar-refractivity contribution in [1.82, 2.24) is 15.4 Å². The van der Waals surface area contributed by atoms with Crippen molar-refractivity contribution in [2.24, 2.45) is 0 Å². The van der Waals surface area contributed by atoms with Crippen LogP contribution in [0.2, 0.25) is 5.02 Å². The standard InChI is InChI=1S/C13H15ClN6O/c1-20(2)12-10(15)11(16-7-17-12)18-19-13(21)8-4-3-5-9(14)6-8/h3-7H,15H2,1-2H3,(H,19,21)(H,16,17,18). The van der Waals surface area contributed by atoms with Gasteiger partial charge in [-0.15, -0.1) is 0 Å². The second kappa shape index (κ2) is 6.27. The summed E-state index contributed by atoms with van der Waals surface area (Å²) in [6.45, 7) is 0. The van der Waals surface area contributed by atoms with Gasteiger partial charge in [-0.2, -0.15) is 0 Å². The Morgan fingerprint density at radius 1 is 1.33 bits per heavy atom. The highest BCUT2D eigenvalue weighted by atomic mass is 35.5. The lowest BCUT2D eigenvalue weighted by molar-refractivity contribution is 0.0962. The van der Waals surface area contributed by atoms with E-state index in [9.17, 15) is 4.79 Å². The van der Waals surface area contributed by atoms with Crippen LogP contribution in [0.15, 0.2) is 30.6 Å². The molecule has 1 aromatic carbocycles. The highest BCUT2D eigenvalue weighted by Crippen LogP contribution is 2.23. The molecule has 110 valence electrons. The van der Waals surface area contributed by atoms with Crippen LogP contribution >= 0.6 is 11.6 Å². The first kappa shape index (κ1) is 14.9. The Balaban J connectivity index is 2.10. The van der Waals surface area contributed by atoms with Crippen LogP contribution in [-0.4, -0.2) is 30.0 Å². The fourth-order valence-corrected chi connectivity index (χ4v) is 1.85. The highest BCUT2D eigenvalue weighted by Gasteiger charge is 2.11. The molecular weight excluding hydrogens is 292 g/mol. The number of hydrogen-bond donors (Lipinski definition) is 3. The molecule has 1 amide bonds. The van der Waals surface area contributed by atoms with Crippen LogP contribution < -0.4 is 21.5 Å². The summed E-state index contributed by atoms with van der Waals surface area (Å²) < 4.78 is 0. The molecule has 0 aliphatic carbocycles. The number of nitrogen functional groups attached to an aromatic ring is 1. The summed E-state index contributed by atoms with van der Waals surface area (Å²) in [5.74, 6) is 0.537. The van der Waals surface area contributed by atoms with Crippen LogP contribution in [0.1, 0.15) is 10.4 Å². The maximum atomic E-state index is 12.0. The number of nitrogens with two attached hydrogens (primary N) is 1. The van der Waals surface area contributed by atoms with E-state index in [1.807, 2.05) is 14.1 Å². The Hall–Kier alpha value is -2.54. The summed E-state index contributed by atoms with van der Waals surface area (Å²) in [4.78, 5) is 21.8. The average molecular weight is 307 g/mol. The number of nitrogens with zero attached hydrogens (tertiary/aromatic N) is 3. The number of aromatic nitrogens is 2. The number of nitrogens with one attached hydrogen (secondary N) is 2. The van der Waals surface area contributed by atoms with E-state index in [1.54, 1.807) is 29.2 Å². The monoisotopic (exact) mass is 306 g/mol. The lowest BCUT2D eigenvalue weighted by Gasteiger charge is -2.16. The molecule has 1 heterocycles. The van der Waals surface area contributed by atoms with Crippen molar-refractivity contribution in [3.63, 3.8) is 0 Å². The minimum atomic E-state index is -0.345. The molecule has 21 heavy (non-hydrogen) atoms. The van der Waals surface area contributed by atoms with Crippen molar-refractivity contribution < 1.29 is 4.79 Å². The third-order valence-electron chi connectivity index (χ3n) is 2.67. The van der Waals surface area contributed by atoms with Gasteiger partial charge in [-0.3, -0.25) is 15.6 Å². The summed E-state index contributed by atoms with van der Waals surface area (Å²) in [5.41, 5.74) is 11.9. The van der Waals surface area contributed by atoms with Gasteiger partial charge in [-0.1, -0.05) is 17.7 Å². The maximum Gasteiger partial charge on any atom is 0.269 e. The molecule has 2 rings (SSSR count). The smallest absolute Gasteiger partial charge is 0.269 e. The van der Waals surface area contributed by atoms with Gasteiger partial charge in [-0.25, -0.2) is 9.97 Å². The number of rotatable bonds is 4. The molecule has 0 fully saturated rings. The molecule has 1 aromatic heterocycles. The quantitative estimate of drug-likeness (QED) is 0.741. The predicted molar refractivity (Wildman–Crippen MR) is 83.3 cm³/mol. The number of hydrogen-bond acceptors (Lipinski definition) is 6. The molecule has 0 radical (unpaired) electrons. The summed E-state index contributed by atoms with van der Waals surface area (Å²) >= 11 is 5.84. The second-order valence-corrected chi connectivity index (χ2v) is 4.88. The van der Waals surface area contributed by atoms with Crippen LogP contribution in [-0.2, 0) is 0 Å². The van der Waals surface area contributed by atoms with Gasteiger partial charge in [-0.05, 0) is 18.2 Å². The van der Waals surface area contributed by atoms with Crippen molar-refractivity contribution >= 4 is 34.8 Å². The Kier molecular flexibility index (Phi) is 4.44. The number of benzene rings is 1. The molecule has 0 atom stereocenters. The first-order chi connectivity index (χ1) is 9.99. The first-order valence-electron chi connectivity index (χ1n) is 6.08. The van der Waals surface area contributed by atoms with Crippen molar-refractivity contribution in [1.29, 1.82) is 0 Å². The van der Waals surface area contributed by atoms with E-state index in [2.05, 4.69) is 20.8 Å². The zero-order chi connectivity index (χ0) is 15.4. The van der Waals surface area contributed by atoms with E-state index in [1.165, 1.54) is 6.33 Å². The average Bonchev–Trinajstić information content (AvgIpc) is 2.45. The highest BCUT2D eigenvalue weighted by molar-refractivity contribution is 6.30. The largest absolute Gasteiger partial charge is 0.393 e. The summed E-state index contributed by atoms with van der Waals surface area (Å²) in [6.07, 6.45) is 1.36. The topological polar surface area (TPSA) is 96.2 Å². The van der Waals surface area contributed by atoms with Gasteiger partial charge in [0.1, 0.15) is 12.0 Å². The van der Waals surface area contributed by atoms with E-state index in [-0.39, 0.29) is 5.91 Å². The van der Waals surface area contributed by atoms with Crippen LogP contribution in [0.25, 0.3) is 0 Å². The number of amides is 1. The van der Waals surface area contributed by atoms with E-state index < -0.39 is 0 Å². The predicted octanol–water partition coefficient (Wildman–Crippen LogP) is 1.54. The number of halogens is 1. The van der Waals surface area contributed by atoms with Crippen LogP contribution in [0.5, 0.6) is 0 Å². The molecule has 7 nitrogen and oxygen atoms in total. The van der Waals surface area contributed by atoms with E-state index in [4.69, 9.17) is 17.3 Å². The second-order valence-electron chi connectivity index (χ2n) is 4.44. The Morgan fingerprint density at radius 2 is 2.10 bits per heavy atom. The lowest BCUT2D eigenvalue weighted by atomic mass is 10.2. The van der Waals surface area contributed by atoms with Crippen molar-refractivity contribution in [2.45, 2.75) is 0 Å². The van der Waals surface area contributed by atoms with E-state index >= 15 is 0 Å². The number of hydrazine groups is 1. The van der Waals surface area contributed by atoms with Gasteiger partial charge in [0.25, 0.3) is 5.91 Å². The zero-order valence-corrected chi connectivity index (χ0v) is 12.3. The third kappa shape index (κ3) is 3.51. The molecule has 4 N–H and O–H groups in total.